The highest BCUT2D eigenvalue weighted by Crippen LogP contribution is 2.41. The zero-order valence-corrected chi connectivity index (χ0v) is 33.0. The van der Waals surface area contributed by atoms with E-state index in [0.29, 0.717) is 0 Å². The van der Waals surface area contributed by atoms with Crippen LogP contribution in [0.1, 0.15) is 0 Å². The third kappa shape index (κ3) is 6.32. The van der Waals surface area contributed by atoms with Gasteiger partial charge in [-0.05, 0) is 98.9 Å². The Bertz CT molecular complexity index is 3230. The molecule has 0 fully saturated rings. The minimum Gasteiger partial charge on any atom is -0.310 e. The van der Waals surface area contributed by atoms with E-state index in [1.165, 1.54) is 82.8 Å². The summed E-state index contributed by atoms with van der Waals surface area (Å²) in [5.74, 6) is 0. The largest absolute Gasteiger partial charge is 0.310 e. The molecule has 0 spiro atoms. The molecule has 11 aromatic rings. The lowest BCUT2D eigenvalue weighted by Crippen LogP contribution is -2.10. The quantitative estimate of drug-likeness (QED) is 0.150. The highest BCUT2D eigenvalue weighted by atomic mass is 15.1. The monoisotopic (exact) mass is 764 g/mol. The van der Waals surface area contributed by atoms with Crippen molar-refractivity contribution in [2.24, 2.45) is 0 Å². The van der Waals surface area contributed by atoms with E-state index < -0.39 is 0 Å². The Hall–Kier alpha value is -7.94. The first kappa shape index (κ1) is 35.2. The lowest BCUT2D eigenvalue weighted by Gasteiger charge is -2.27. The SMILES string of the molecule is c1ccc(-c2ccc(-c3ccc(N(c4ccc(-c5cccc(-c6ccccc6-n6c7ccccc7c7ccccc76)c5)cc4)c4cccc5ccccc45)cc3)cc2)cc1. The van der Waals surface area contributed by atoms with Gasteiger partial charge in [-0.2, -0.15) is 0 Å². The number of nitrogens with zero attached hydrogens (tertiary/aromatic N) is 2. The normalized spacial score (nSPS) is 11.3. The summed E-state index contributed by atoms with van der Waals surface area (Å²) >= 11 is 0. The fourth-order valence-corrected chi connectivity index (χ4v) is 8.88. The van der Waals surface area contributed by atoms with Crippen LogP contribution in [-0.2, 0) is 0 Å². The molecule has 0 saturated heterocycles. The Balaban J connectivity index is 0.952. The first-order valence-corrected chi connectivity index (χ1v) is 20.6. The molecule has 0 unspecified atom stereocenters. The lowest BCUT2D eigenvalue weighted by molar-refractivity contribution is 1.18. The van der Waals surface area contributed by atoms with Gasteiger partial charge in [0.2, 0.25) is 0 Å². The topological polar surface area (TPSA) is 8.17 Å². The van der Waals surface area contributed by atoms with Gasteiger partial charge in [-0.3, -0.25) is 0 Å². The van der Waals surface area contributed by atoms with Crippen molar-refractivity contribution in [3.05, 3.63) is 243 Å². The van der Waals surface area contributed by atoms with E-state index in [1.807, 2.05) is 0 Å². The average molecular weight is 765 g/mol. The molecular weight excluding hydrogens is 725 g/mol. The number of hydrogen-bond acceptors (Lipinski definition) is 1. The highest BCUT2D eigenvalue weighted by Gasteiger charge is 2.18. The molecule has 2 heteroatoms. The van der Waals surface area contributed by atoms with Crippen molar-refractivity contribution in [3.63, 3.8) is 0 Å². The summed E-state index contributed by atoms with van der Waals surface area (Å²) in [7, 11) is 0. The van der Waals surface area contributed by atoms with Crippen molar-refractivity contribution in [2.45, 2.75) is 0 Å². The Morgan fingerprint density at radius 2 is 0.717 bits per heavy atom. The highest BCUT2D eigenvalue weighted by molar-refractivity contribution is 6.09. The van der Waals surface area contributed by atoms with E-state index >= 15 is 0 Å². The van der Waals surface area contributed by atoms with Crippen LogP contribution in [0, 0.1) is 0 Å². The molecule has 11 rings (SSSR count). The number of aromatic nitrogens is 1. The van der Waals surface area contributed by atoms with Crippen molar-refractivity contribution in [2.75, 3.05) is 4.90 Å². The summed E-state index contributed by atoms with van der Waals surface area (Å²) < 4.78 is 2.41. The van der Waals surface area contributed by atoms with Crippen LogP contribution in [-0.4, -0.2) is 4.57 Å². The van der Waals surface area contributed by atoms with E-state index in [1.54, 1.807) is 0 Å². The zero-order chi connectivity index (χ0) is 39.8. The molecule has 0 atom stereocenters. The molecule has 0 bridgehead atoms. The van der Waals surface area contributed by atoms with Crippen LogP contribution in [0.5, 0.6) is 0 Å². The van der Waals surface area contributed by atoms with Crippen LogP contribution >= 0.6 is 0 Å². The molecule has 2 nitrogen and oxygen atoms in total. The molecule has 60 heavy (non-hydrogen) atoms. The van der Waals surface area contributed by atoms with Crippen LogP contribution in [0.2, 0.25) is 0 Å². The maximum atomic E-state index is 2.41. The van der Waals surface area contributed by atoms with Gasteiger partial charge < -0.3 is 9.47 Å². The first-order chi connectivity index (χ1) is 29.8. The number of fused-ring (bicyclic) bond motifs is 4. The smallest absolute Gasteiger partial charge is 0.0541 e. The van der Waals surface area contributed by atoms with Gasteiger partial charge in [0.05, 0.1) is 22.4 Å². The molecule has 0 aliphatic rings. The van der Waals surface area contributed by atoms with Crippen molar-refractivity contribution >= 4 is 49.6 Å². The summed E-state index contributed by atoms with van der Waals surface area (Å²) in [6.07, 6.45) is 0. The molecule has 1 aromatic heterocycles. The van der Waals surface area contributed by atoms with Crippen molar-refractivity contribution in [1.29, 1.82) is 0 Å². The van der Waals surface area contributed by atoms with Crippen molar-refractivity contribution < 1.29 is 0 Å². The summed E-state index contributed by atoms with van der Waals surface area (Å²) in [6.45, 7) is 0. The van der Waals surface area contributed by atoms with E-state index in [4.69, 9.17) is 0 Å². The number of anilines is 3. The molecular formula is C58H40N2. The summed E-state index contributed by atoms with van der Waals surface area (Å²) in [4.78, 5) is 2.38. The Morgan fingerprint density at radius 1 is 0.283 bits per heavy atom. The Labute approximate surface area is 350 Å². The molecule has 282 valence electrons. The summed E-state index contributed by atoms with van der Waals surface area (Å²) in [5.41, 5.74) is 16.5. The second kappa shape index (κ2) is 15.1. The van der Waals surface area contributed by atoms with Crippen LogP contribution in [0.4, 0.5) is 17.1 Å². The molecule has 0 aliphatic carbocycles. The lowest BCUT2D eigenvalue weighted by atomic mass is 9.97. The summed E-state index contributed by atoms with van der Waals surface area (Å²) in [6, 6.07) is 87.8. The maximum Gasteiger partial charge on any atom is 0.0541 e. The molecule has 10 aromatic carbocycles. The van der Waals surface area contributed by atoms with Gasteiger partial charge in [-0.25, -0.2) is 0 Å². The summed E-state index contributed by atoms with van der Waals surface area (Å²) in [5, 5.41) is 4.95. The third-order valence-corrected chi connectivity index (χ3v) is 11.8. The number of rotatable bonds is 8. The standard InChI is InChI=1S/C58H40N2/c1-2-14-41(15-3-1)42-28-30-43(31-29-42)44-32-36-49(37-33-44)59(55-27-13-17-46-16-4-5-20-51(46)55)50-38-34-45(35-39-50)47-18-12-19-48(40-47)52-21-6-9-24-56(52)60-57-25-10-7-22-53(57)54-23-8-11-26-58(54)60/h1-40H. The molecule has 0 N–H and O–H groups in total. The molecule has 0 saturated carbocycles. The van der Waals surface area contributed by atoms with Gasteiger partial charge >= 0.3 is 0 Å². The molecule has 0 radical (unpaired) electrons. The fourth-order valence-electron chi connectivity index (χ4n) is 8.88. The van der Waals surface area contributed by atoms with E-state index in [-0.39, 0.29) is 0 Å². The van der Waals surface area contributed by atoms with Gasteiger partial charge in [0.25, 0.3) is 0 Å². The Kier molecular flexibility index (Phi) is 8.87. The van der Waals surface area contributed by atoms with Gasteiger partial charge in [-0.1, -0.05) is 188 Å². The molecule has 0 amide bonds. The molecule has 0 aliphatic heterocycles. The Morgan fingerprint density at radius 3 is 1.37 bits per heavy atom. The van der Waals surface area contributed by atoms with Gasteiger partial charge in [0, 0.05) is 33.1 Å². The second-order valence-corrected chi connectivity index (χ2v) is 15.3. The van der Waals surface area contributed by atoms with Crippen LogP contribution in [0.15, 0.2) is 243 Å². The van der Waals surface area contributed by atoms with Crippen molar-refractivity contribution in [3.8, 4) is 50.2 Å². The molecule has 1 heterocycles. The van der Waals surface area contributed by atoms with E-state index in [0.717, 1.165) is 17.1 Å². The van der Waals surface area contributed by atoms with Gasteiger partial charge in [-0.15, -0.1) is 0 Å². The van der Waals surface area contributed by atoms with E-state index in [2.05, 4.69) is 252 Å². The minimum absolute atomic E-state index is 1.10. The fraction of sp³-hybridized carbons (Fsp3) is 0. The number of benzene rings is 10. The van der Waals surface area contributed by atoms with Crippen LogP contribution < -0.4 is 4.90 Å². The first-order valence-electron chi connectivity index (χ1n) is 20.6. The van der Waals surface area contributed by atoms with Crippen LogP contribution in [0.3, 0.4) is 0 Å². The zero-order valence-electron chi connectivity index (χ0n) is 33.0. The predicted molar refractivity (Wildman–Crippen MR) is 255 cm³/mol. The van der Waals surface area contributed by atoms with Gasteiger partial charge in [0.1, 0.15) is 0 Å². The maximum absolute atomic E-state index is 2.41. The van der Waals surface area contributed by atoms with Gasteiger partial charge in [0.15, 0.2) is 0 Å². The third-order valence-electron chi connectivity index (χ3n) is 11.8. The number of para-hydroxylation sites is 3. The predicted octanol–water partition coefficient (Wildman–Crippen LogP) is 16.1. The van der Waals surface area contributed by atoms with Crippen LogP contribution in [0.25, 0.3) is 82.8 Å². The average Bonchev–Trinajstić information content (AvgIpc) is 3.67. The van der Waals surface area contributed by atoms with Crippen molar-refractivity contribution in [1.82, 2.24) is 4.57 Å². The minimum atomic E-state index is 1.10. The second-order valence-electron chi connectivity index (χ2n) is 15.3. The number of hydrogen-bond donors (Lipinski definition) is 0. The van der Waals surface area contributed by atoms with E-state index in [9.17, 15) is 0 Å².